The third kappa shape index (κ3) is 2.66. The molecule has 180 valence electrons. The number of rotatable bonds is 3. The lowest BCUT2D eigenvalue weighted by molar-refractivity contribution is -0.169. The molecule has 4 saturated carbocycles. The van der Waals surface area contributed by atoms with Crippen molar-refractivity contribution in [3.8, 4) is 0 Å². The van der Waals surface area contributed by atoms with Gasteiger partial charge in [0.2, 0.25) is 0 Å². The SMILES string of the molecule is CC1(C)[C@H]2CC[C@]1(C)C(=O)[C@@H](C(c1ccccc1)[C@@H]1C(=O)[C@@]3(C)CC[C@@H]([C@H]1O)C3(C)C)[C@H]2O. The van der Waals surface area contributed by atoms with Crippen molar-refractivity contribution >= 4 is 11.6 Å². The van der Waals surface area contributed by atoms with Crippen molar-refractivity contribution in [3.63, 3.8) is 0 Å². The van der Waals surface area contributed by atoms with Crippen LogP contribution in [0.2, 0.25) is 0 Å². The molecule has 0 saturated heterocycles. The Kier molecular flexibility index (Phi) is 4.93. The van der Waals surface area contributed by atoms with E-state index in [1.807, 2.05) is 30.3 Å². The number of hydrogen-bond donors (Lipinski definition) is 2. The Hall–Kier alpha value is -1.52. The summed E-state index contributed by atoms with van der Waals surface area (Å²) in [4.78, 5) is 28.5. The van der Waals surface area contributed by atoms with Crippen LogP contribution in [0.15, 0.2) is 30.3 Å². The zero-order valence-corrected chi connectivity index (χ0v) is 21.0. The molecule has 1 unspecified atom stereocenters. The first-order valence-electron chi connectivity index (χ1n) is 12.8. The number of fused-ring (bicyclic) bond motifs is 4. The summed E-state index contributed by atoms with van der Waals surface area (Å²) in [7, 11) is 0. The topological polar surface area (TPSA) is 74.6 Å². The summed E-state index contributed by atoms with van der Waals surface area (Å²) in [5, 5.41) is 23.4. The maximum absolute atomic E-state index is 14.2. The molecule has 4 fully saturated rings. The Morgan fingerprint density at radius 2 is 1.12 bits per heavy atom. The van der Waals surface area contributed by atoms with Gasteiger partial charge < -0.3 is 10.2 Å². The van der Waals surface area contributed by atoms with Crippen molar-refractivity contribution in [2.75, 3.05) is 0 Å². The molecular weight excluding hydrogens is 412 g/mol. The van der Waals surface area contributed by atoms with Crippen LogP contribution in [0.5, 0.6) is 0 Å². The number of aliphatic hydroxyl groups is 2. The molecule has 0 aromatic heterocycles. The monoisotopic (exact) mass is 452 g/mol. The average molecular weight is 453 g/mol. The van der Waals surface area contributed by atoms with Crippen molar-refractivity contribution in [2.24, 2.45) is 45.3 Å². The Balaban J connectivity index is 1.67. The van der Waals surface area contributed by atoms with Crippen LogP contribution in [-0.2, 0) is 9.59 Å². The summed E-state index contributed by atoms with van der Waals surface area (Å²) in [6, 6.07) is 9.74. The standard InChI is InChI=1S/C29H40O4/c1-26(2)17-12-14-28(26,5)24(32)20(22(17)30)19(16-10-8-7-9-11-16)21-23(31)18-13-15-29(6,25(21)33)27(18,3)4/h7-11,17-23,30-31H,12-15H2,1-6H3/t17-,18-,19?,20-,21-,22-,23+,28+,29+/m0/s1. The number of aliphatic hydroxyl groups excluding tert-OH is 2. The Morgan fingerprint density at radius 1 is 0.727 bits per heavy atom. The summed E-state index contributed by atoms with van der Waals surface area (Å²) in [5.41, 5.74) is -0.746. The summed E-state index contributed by atoms with van der Waals surface area (Å²) < 4.78 is 0. The fourth-order valence-corrected chi connectivity index (χ4v) is 8.76. The molecule has 4 heteroatoms. The molecule has 33 heavy (non-hydrogen) atoms. The minimum atomic E-state index is -0.811. The van der Waals surface area contributed by atoms with Crippen molar-refractivity contribution in [2.45, 2.75) is 85.4 Å². The van der Waals surface area contributed by atoms with Crippen molar-refractivity contribution in [3.05, 3.63) is 35.9 Å². The zero-order valence-electron chi connectivity index (χ0n) is 21.0. The first-order valence-corrected chi connectivity index (χ1v) is 12.8. The van der Waals surface area contributed by atoms with E-state index in [0.29, 0.717) is 0 Å². The van der Waals surface area contributed by atoms with E-state index in [9.17, 15) is 19.8 Å². The zero-order chi connectivity index (χ0) is 24.1. The maximum atomic E-state index is 14.2. The number of carbonyl (C=O) groups excluding carboxylic acids is 2. The first kappa shape index (κ1) is 23.2. The van der Waals surface area contributed by atoms with Gasteiger partial charge in [-0.3, -0.25) is 9.59 Å². The summed E-state index contributed by atoms with van der Waals surface area (Å²) in [6.45, 7) is 12.6. The number of benzene rings is 1. The van der Waals surface area contributed by atoms with Crippen molar-refractivity contribution in [1.29, 1.82) is 0 Å². The highest BCUT2D eigenvalue weighted by Crippen LogP contribution is 2.68. The Labute approximate surface area is 198 Å². The van der Waals surface area contributed by atoms with E-state index in [1.54, 1.807) is 0 Å². The largest absolute Gasteiger partial charge is 0.392 e. The van der Waals surface area contributed by atoms with Gasteiger partial charge in [0, 0.05) is 16.7 Å². The Morgan fingerprint density at radius 3 is 1.52 bits per heavy atom. The van der Waals surface area contributed by atoms with E-state index in [0.717, 1.165) is 31.2 Å². The number of Topliss-reactive ketones (excluding diaryl/α,β-unsaturated/α-hetero) is 2. The van der Waals surface area contributed by atoms with Gasteiger partial charge in [0.1, 0.15) is 11.6 Å². The van der Waals surface area contributed by atoms with Crippen molar-refractivity contribution in [1.82, 2.24) is 0 Å². The normalized spacial score (nSPS) is 46.4. The predicted molar refractivity (Wildman–Crippen MR) is 127 cm³/mol. The second kappa shape index (κ2) is 7.01. The lowest BCUT2D eigenvalue weighted by Gasteiger charge is -2.56. The molecule has 0 amide bonds. The first-order chi connectivity index (χ1) is 15.3. The molecule has 0 spiro atoms. The van der Waals surface area contributed by atoms with Gasteiger partial charge in [0.15, 0.2) is 0 Å². The fraction of sp³-hybridized carbons (Fsp3) is 0.724. The van der Waals surface area contributed by atoms with E-state index in [4.69, 9.17) is 0 Å². The molecule has 1 aromatic rings. The molecule has 4 aliphatic carbocycles. The number of ketones is 2. The van der Waals surface area contributed by atoms with E-state index in [2.05, 4.69) is 41.5 Å². The third-order valence-electron chi connectivity index (χ3n) is 11.8. The smallest absolute Gasteiger partial charge is 0.145 e. The minimum absolute atomic E-state index is 0.0102. The van der Waals surface area contributed by atoms with Crippen LogP contribution in [0.1, 0.15) is 78.7 Å². The second-order valence-corrected chi connectivity index (χ2v) is 13.1. The van der Waals surface area contributed by atoms with Crippen LogP contribution in [-0.4, -0.2) is 34.0 Å². The van der Waals surface area contributed by atoms with Crippen LogP contribution in [0.25, 0.3) is 0 Å². The van der Waals surface area contributed by atoms with Gasteiger partial charge in [-0.15, -0.1) is 0 Å². The minimum Gasteiger partial charge on any atom is -0.392 e. The number of hydrogen-bond acceptors (Lipinski definition) is 4. The summed E-state index contributed by atoms with van der Waals surface area (Å²) in [6.07, 6.45) is 1.56. The van der Waals surface area contributed by atoms with E-state index >= 15 is 0 Å². The molecular formula is C29H40O4. The fourth-order valence-electron chi connectivity index (χ4n) is 8.76. The summed E-state index contributed by atoms with van der Waals surface area (Å²) >= 11 is 0. The molecule has 4 nitrogen and oxygen atoms in total. The molecule has 0 aliphatic heterocycles. The highest BCUT2D eigenvalue weighted by atomic mass is 16.3. The van der Waals surface area contributed by atoms with Crippen molar-refractivity contribution < 1.29 is 19.8 Å². The van der Waals surface area contributed by atoms with E-state index < -0.39 is 40.8 Å². The van der Waals surface area contributed by atoms with E-state index in [-0.39, 0.29) is 34.2 Å². The number of carbonyl (C=O) groups is 2. The van der Waals surface area contributed by atoms with Gasteiger partial charge in [-0.2, -0.15) is 0 Å². The van der Waals surface area contributed by atoms with Gasteiger partial charge in [0.25, 0.3) is 0 Å². The molecule has 4 bridgehead atoms. The van der Waals surface area contributed by atoms with Crippen LogP contribution >= 0.6 is 0 Å². The van der Waals surface area contributed by atoms with Crippen LogP contribution in [0.4, 0.5) is 0 Å². The van der Waals surface area contributed by atoms with Crippen LogP contribution < -0.4 is 0 Å². The molecule has 4 aliphatic rings. The predicted octanol–water partition coefficient (Wildman–Crippen LogP) is 4.77. The lowest BCUT2D eigenvalue weighted by Crippen LogP contribution is -2.62. The molecule has 5 rings (SSSR count). The van der Waals surface area contributed by atoms with Gasteiger partial charge in [0.05, 0.1) is 24.0 Å². The average Bonchev–Trinajstić information content (AvgIpc) is 3.07. The molecule has 0 radical (unpaired) electrons. The third-order valence-corrected chi connectivity index (χ3v) is 11.8. The highest BCUT2D eigenvalue weighted by molar-refractivity contribution is 5.94. The molecule has 9 atom stereocenters. The van der Waals surface area contributed by atoms with Gasteiger partial charge >= 0.3 is 0 Å². The summed E-state index contributed by atoms with van der Waals surface area (Å²) in [5.74, 6) is -1.69. The second-order valence-electron chi connectivity index (χ2n) is 13.1. The molecule has 1 aromatic carbocycles. The molecule has 0 heterocycles. The Bertz CT molecular complexity index is 921. The quantitative estimate of drug-likeness (QED) is 0.692. The maximum Gasteiger partial charge on any atom is 0.145 e. The van der Waals surface area contributed by atoms with Crippen LogP contribution in [0.3, 0.4) is 0 Å². The van der Waals surface area contributed by atoms with Gasteiger partial charge in [-0.1, -0.05) is 71.9 Å². The van der Waals surface area contributed by atoms with Crippen LogP contribution in [0, 0.1) is 45.3 Å². The lowest BCUT2D eigenvalue weighted by atomic mass is 9.48. The molecule has 2 N–H and O–H groups in total. The van der Waals surface area contributed by atoms with Gasteiger partial charge in [-0.25, -0.2) is 0 Å². The highest BCUT2D eigenvalue weighted by Gasteiger charge is 2.70. The van der Waals surface area contributed by atoms with Gasteiger partial charge in [-0.05, 0) is 53.9 Å². The van der Waals surface area contributed by atoms with E-state index in [1.165, 1.54) is 0 Å².